The zero-order valence-corrected chi connectivity index (χ0v) is 12.3. The number of alkyl halides is 3. The third-order valence-electron chi connectivity index (χ3n) is 3.26. The van der Waals surface area contributed by atoms with Crippen LogP contribution in [0.2, 0.25) is 0 Å². The smallest absolute Gasteiger partial charge is 0.381 e. The molecule has 1 aliphatic heterocycles. The summed E-state index contributed by atoms with van der Waals surface area (Å²) >= 11 is 0. The van der Waals surface area contributed by atoms with E-state index in [1.807, 2.05) is 30.3 Å². The van der Waals surface area contributed by atoms with Crippen LogP contribution in [-0.2, 0) is 20.8 Å². The molecule has 7 heteroatoms. The molecule has 4 nitrogen and oxygen atoms in total. The summed E-state index contributed by atoms with van der Waals surface area (Å²) in [6.07, 6.45) is -9.88. The number of aliphatic hydroxyl groups is 1. The Morgan fingerprint density at radius 3 is 2.45 bits per heavy atom. The van der Waals surface area contributed by atoms with Crippen molar-refractivity contribution in [2.24, 2.45) is 0 Å². The summed E-state index contributed by atoms with van der Waals surface area (Å²) in [4.78, 5) is 0. The van der Waals surface area contributed by atoms with E-state index in [-0.39, 0.29) is 13.2 Å². The molecule has 1 heterocycles. The SMILES string of the molecule is CC1(C)OC(COCc2ccccc2)C(C(O)C(F)(F)F)O1. The number of hydrogen-bond donors (Lipinski definition) is 1. The predicted octanol–water partition coefficient (Wildman–Crippen LogP) is 2.65. The topological polar surface area (TPSA) is 47.9 Å². The van der Waals surface area contributed by atoms with Crippen molar-refractivity contribution in [2.45, 2.75) is 50.7 Å². The predicted molar refractivity (Wildman–Crippen MR) is 72.0 cm³/mol. The molecular weight excluding hydrogens is 301 g/mol. The van der Waals surface area contributed by atoms with Crippen molar-refractivity contribution in [2.75, 3.05) is 6.61 Å². The second-order valence-electron chi connectivity index (χ2n) is 5.63. The average Bonchev–Trinajstić information content (AvgIpc) is 2.73. The molecular formula is C15H19F3O4. The second kappa shape index (κ2) is 6.54. The monoisotopic (exact) mass is 320 g/mol. The molecule has 0 radical (unpaired) electrons. The maximum Gasteiger partial charge on any atom is 0.417 e. The summed E-state index contributed by atoms with van der Waals surface area (Å²) in [7, 11) is 0. The molecule has 1 aliphatic rings. The van der Waals surface area contributed by atoms with Gasteiger partial charge in [-0.15, -0.1) is 0 Å². The third kappa shape index (κ3) is 4.42. The van der Waals surface area contributed by atoms with Crippen molar-refractivity contribution in [1.82, 2.24) is 0 Å². The Kier molecular flexibility index (Phi) is 5.11. The van der Waals surface area contributed by atoms with E-state index in [1.165, 1.54) is 13.8 Å². The largest absolute Gasteiger partial charge is 0.417 e. The normalized spacial score (nSPS) is 26.1. The highest BCUT2D eigenvalue weighted by Gasteiger charge is 2.53. The van der Waals surface area contributed by atoms with Gasteiger partial charge in [0.1, 0.15) is 12.2 Å². The van der Waals surface area contributed by atoms with E-state index in [9.17, 15) is 18.3 Å². The van der Waals surface area contributed by atoms with Crippen LogP contribution < -0.4 is 0 Å². The third-order valence-corrected chi connectivity index (χ3v) is 3.26. The minimum Gasteiger partial charge on any atom is -0.381 e. The zero-order chi connectivity index (χ0) is 16.4. The Labute approximate surface area is 126 Å². The van der Waals surface area contributed by atoms with Gasteiger partial charge in [-0.25, -0.2) is 0 Å². The van der Waals surface area contributed by atoms with Crippen molar-refractivity contribution in [3.63, 3.8) is 0 Å². The fourth-order valence-corrected chi connectivity index (χ4v) is 2.31. The Hall–Kier alpha value is -1.15. The van der Waals surface area contributed by atoms with Crippen LogP contribution in [-0.4, -0.2) is 42.0 Å². The van der Waals surface area contributed by atoms with Gasteiger partial charge in [0, 0.05) is 0 Å². The second-order valence-corrected chi connectivity index (χ2v) is 5.63. The molecule has 1 aromatic rings. The summed E-state index contributed by atoms with van der Waals surface area (Å²) in [5.74, 6) is -1.20. The van der Waals surface area contributed by atoms with Gasteiger partial charge >= 0.3 is 6.18 Å². The molecule has 1 fully saturated rings. The lowest BCUT2D eigenvalue weighted by atomic mass is 10.1. The van der Waals surface area contributed by atoms with Crippen LogP contribution in [0.4, 0.5) is 13.2 Å². The maximum atomic E-state index is 12.7. The minimum absolute atomic E-state index is 0.101. The summed E-state index contributed by atoms with van der Waals surface area (Å²) < 4.78 is 54.1. The summed E-state index contributed by atoms with van der Waals surface area (Å²) in [6.45, 7) is 3.15. The van der Waals surface area contributed by atoms with Gasteiger partial charge in [0.05, 0.1) is 13.2 Å². The first-order valence-corrected chi connectivity index (χ1v) is 6.91. The minimum atomic E-state index is -4.77. The first-order valence-electron chi connectivity index (χ1n) is 6.91. The quantitative estimate of drug-likeness (QED) is 0.906. The van der Waals surface area contributed by atoms with Crippen molar-refractivity contribution in [3.05, 3.63) is 35.9 Å². The van der Waals surface area contributed by atoms with Crippen LogP contribution in [0.5, 0.6) is 0 Å². The van der Waals surface area contributed by atoms with Gasteiger partial charge in [-0.2, -0.15) is 13.2 Å². The fourth-order valence-electron chi connectivity index (χ4n) is 2.31. The van der Waals surface area contributed by atoms with E-state index in [1.54, 1.807) is 0 Å². The van der Waals surface area contributed by atoms with Gasteiger partial charge in [-0.3, -0.25) is 0 Å². The lowest BCUT2D eigenvalue weighted by Gasteiger charge is -2.24. The van der Waals surface area contributed by atoms with Crippen molar-refractivity contribution in [3.8, 4) is 0 Å². The molecule has 124 valence electrons. The zero-order valence-electron chi connectivity index (χ0n) is 12.3. The number of hydrogen-bond acceptors (Lipinski definition) is 4. The lowest BCUT2D eigenvalue weighted by Crippen LogP contribution is -2.46. The highest BCUT2D eigenvalue weighted by Crippen LogP contribution is 2.35. The lowest BCUT2D eigenvalue weighted by molar-refractivity contribution is -0.242. The van der Waals surface area contributed by atoms with E-state index in [0.29, 0.717) is 0 Å². The molecule has 0 saturated carbocycles. The molecule has 1 N–H and O–H groups in total. The van der Waals surface area contributed by atoms with Crippen molar-refractivity contribution >= 4 is 0 Å². The average molecular weight is 320 g/mol. The molecule has 3 atom stereocenters. The number of benzene rings is 1. The Balaban J connectivity index is 1.95. The number of ether oxygens (including phenoxy) is 3. The molecule has 1 aromatic carbocycles. The first kappa shape index (κ1) is 17.2. The van der Waals surface area contributed by atoms with Gasteiger partial charge < -0.3 is 19.3 Å². The summed E-state index contributed by atoms with van der Waals surface area (Å²) in [5, 5.41) is 9.42. The van der Waals surface area contributed by atoms with Gasteiger partial charge in [-0.05, 0) is 19.4 Å². The Morgan fingerprint density at radius 2 is 1.86 bits per heavy atom. The molecule has 0 aromatic heterocycles. The molecule has 0 aliphatic carbocycles. The first-order chi connectivity index (χ1) is 10.2. The highest BCUT2D eigenvalue weighted by molar-refractivity contribution is 5.13. The van der Waals surface area contributed by atoms with Crippen LogP contribution in [0.15, 0.2) is 30.3 Å². The molecule has 3 unspecified atom stereocenters. The van der Waals surface area contributed by atoms with E-state index >= 15 is 0 Å². The van der Waals surface area contributed by atoms with Gasteiger partial charge in [0.25, 0.3) is 0 Å². The standard InChI is InChI=1S/C15H19F3O4/c1-14(2)21-11(12(22-14)13(19)15(16,17)18)9-20-8-10-6-4-3-5-7-10/h3-7,11-13,19H,8-9H2,1-2H3. The van der Waals surface area contributed by atoms with E-state index in [2.05, 4.69) is 0 Å². The summed E-state index contributed by atoms with van der Waals surface area (Å²) in [5.41, 5.74) is 0.897. The number of halogens is 3. The molecule has 0 spiro atoms. The number of aliphatic hydroxyl groups excluding tert-OH is 1. The van der Waals surface area contributed by atoms with Gasteiger partial charge in [0.15, 0.2) is 11.9 Å². The van der Waals surface area contributed by atoms with Gasteiger partial charge in [0.2, 0.25) is 0 Å². The van der Waals surface area contributed by atoms with Crippen LogP contribution in [0.25, 0.3) is 0 Å². The Morgan fingerprint density at radius 1 is 1.23 bits per heavy atom. The van der Waals surface area contributed by atoms with Crippen molar-refractivity contribution < 1.29 is 32.5 Å². The van der Waals surface area contributed by atoms with E-state index in [0.717, 1.165) is 5.56 Å². The number of rotatable bonds is 5. The van der Waals surface area contributed by atoms with Gasteiger partial charge in [-0.1, -0.05) is 30.3 Å². The van der Waals surface area contributed by atoms with Crippen LogP contribution in [0.1, 0.15) is 19.4 Å². The molecule has 1 saturated heterocycles. The molecule has 0 bridgehead atoms. The van der Waals surface area contributed by atoms with Crippen molar-refractivity contribution in [1.29, 1.82) is 0 Å². The molecule has 2 rings (SSSR count). The summed E-state index contributed by atoms with van der Waals surface area (Å²) in [6, 6.07) is 9.23. The van der Waals surface area contributed by atoms with E-state index < -0.39 is 30.3 Å². The fraction of sp³-hybridized carbons (Fsp3) is 0.600. The van der Waals surface area contributed by atoms with Crippen LogP contribution in [0.3, 0.4) is 0 Å². The maximum absolute atomic E-state index is 12.7. The molecule has 22 heavy (non-hydrogen) atoms. The van der Waals surface area contributed by atoms with Crippen LogP contribution >= 0.6 is 0 Å². The highest BCUT2D eigenvalue weighted by atomic mass is 19.4. The molecule has 0 amide bonds. The van der Waals surface area contributed by atoms with Crippen LogP contribution in [0, 0.1) is 0 Å². The van der Waals surface area contributed by atoms with E-state index in [4.69, 9.17) is 14.2 Å². The Bertz CT molecular complexity index is 475.